The zero-order chi connectivity index (χ0) is 19.4. The minimum atomic E-state index is -3.16. The molecule has 2 aromatic carbocycles. The average Bonchev–Trinajstić information content (AvgIpc) is 3.00. The van der Waals surface area contributed by atoms with E-state index in [1.807, 2.05) is 30.3 Å². The second-order valence-corrected chi connectivity index (χ2v) is 9.67. The fourth-order valence-electron chi connectivity index (χ4n) is 3.03. The number of benzene rings is 2. The SMILES string of the molecule is O=C(CSc1cc(F)ccc1F)N(Cc1ccccc1)[C@@H]1CCS(=O)(=O)C1. The van der Waals surface area contributed by atoms with E-state index in [0.29, 0.717) is 6.42 Å². The number of sulfone groups is 1. The maximum Gasteiger partial charge on any atom is 0.233 e. The van der Waals surface area contributed by atoms with Crippen molar-refractivity contribution in [1.82, 2.24) is 4.90 Å². The Labute approximate surface area is 161 Å². The Morgan fingerprint density at radius 2 is 1.89 bits per heavy atom. The topological polar surface area (TPSA) is 54.5 Å². The van der Waals surface area contributed by atoms with E-state index in [0.717, 1.165) is 35.5 Å². The number of hydrogen-bond acceptors (Lipinski definition) is 4. The van der Waals surface area contributed by atoms with Gasteiger partial charge in [0.2, 0.25) is 5.91 Å². The van der Waals surface area contributed by atoms with Crippen molar-refractivity contribution < 1.29 is 22.0 Å². The highest BCUT2D eigenvalue weighted by Crippen LogP contribution is 2.25. The largest absolute Gasteiger partial charge is 0.334 e. The molecular weight excluding hydrogens is 392 g/mol. The number of thioether (sulfide) groups is 1. The number of halogens is 2. The van der Waals surface area contributed by atoms with Crippen LogP contribution >= 0.6 is 11.8 Å². The van der Waals surface area contributed by atoms with Crippen LogP contribution in [0.2, 0.25) is 0 Å². The second kappa shape index (κ2) is 8.39. The summed E-state index contributed by atoms with van der Waals surface area (Å²) in [6.07, 6.45) is 0.389. The van der Waals surface area contributed by atoms with E-state index in [4.69, 9.17) is 0 Å². The summed E-state index contributed by atoms with van der Waals surface area (Å²) in [5.41, 5.74) is 0.886. The quantitative estimate of drug-likeness (QED) is 0.685. The Bertz CT molecular complexity index is 920. The molecule has 1 amide bonds. The van der Waals surface area contributed by atoms with Crippen molar-refractivity contribution in [3.63, 3.8) is 0 Å². The van der Waals surface area contributed by atoms with Crippen molar-refractivity contribution >= 4 is 27.5 Å². The summed E-state index contributed by atoms with van der Waals surface area (Å²) in [5, 5.41) is 0. The van der Waals surface area contributed by atoms with E-state index in [9.17, 15) is 22.0 Å². The molecular formula is C19H19F2NO3S2. The Hall–Kier alpha value is -1.93. The third-order valence-corrected chi connectivity index (χ3v) is 7.18. The highest BCUT2D eigenvalue weighted by molar-refractivity contribution is 8.00. The maximum absolute atomic E-state index is 13.8. The molecule has 0 radical (unpaired) electrons. The molecule has 0 spiro atoms. The fraction of sp³-hybridized carbons (Fsp3) is 0.316. The summed E-state index contributed by atoms with van der Waals surface area (Å²) in [7, 11) is -3.16. The van der Waals surface area contributed by atoms with Crippen LogP contribution in [0.1, 0.15) is 12.0 Å². The molecule has 3 rings (SSSR count). The van der Waals surface area contributed by atoms with E-state index < -0.39 is 27.5 Å². The van der Waals surface area contributed by atoms with Gasteiger partial charge in [-0.3, -0.25) is 4.79 Å². The van der Waals surface area contributed by atoms with Crippen LogP contribution in [-0.2, 0) is 21.2 Å². The molecule has 0 bridgehead atoms. The summed E-state index contributed by atoms with van der Waals surface area (Å²) < 4.78 is 50.8. The van der Waals surface area contributed by atoms with Gasteiger partial charge in [-0.15, -0.1) is 11.8 Å². The van der Waals surface area contributed by atoms with Crippen molar-refractivity contribution in [2.24, 2.45) is 0 Å². The van der Waals surface area contributed by atoms with Crippen LogP contribution in [0.3, 0.4) is 0 Å². The number of nitrogens with zero attached hydrogens (tertiary/aromatic N) is 1. The van der Waals surface area contributed by atoms with Crippen molar-refractivity contribution in [1.29, 1.82) is 0 Å². The minimum Gasteiger partial charge on any atom is -0.334 e. The molecule has 2 aromatic rings. The molecule has 0 aliphatic carbocycles. The lowest BCUT2D eigenvalue weighted by molar-refractivity contribution is -0.130. The molecule has 8 heteroatoms. The molecule has 1 heterocycles. The standard InChI is InChI=1S/C19H19F2NO3S2/c20-15-6-7-17(21)18(10-15)26-12-19(23)22(11-14-4-2-1-3-5-14)16-8-9-27(24,25)13-16/h1-7,10,16H,8-9,11-13H2/t16-/m1/s1. The minimum absolute atomic E-state index is 0.0574. The van der Waals surface area contributed by atoms with E-state index in [1.54, 1.807) is 4.90 Å². The van der Waals surface area contributed by atoms with Crippen molar-refractivity contribution in [2.75, 3.05) is 17.3 Å². The summed E-state index contributed by atoms with van der Waals surface area (Å²) in [6, 6.07) is 12.0. The number of carbonyl (C=O) groups excluding carboxylic acids is 1. The smallest absolute Gasteiger partial charge is 0.233 e. The van der Waals surface area contributed by atoms with E-state index in [1.165, 1.54) is 0 Å². The third kappa shape index (κ3) is 5.29. The average molecular weight is 411 g/mol. The van der Waals surface area contributed by atoms with Gasteiger partial charge in [0.05, 0.1) is 17.3 Å². The number of carbonyl (C=O) groups is 1. The first-order chi connectivity index (χ1) is 12.8. The molecule has 1 aliphatic rings. The first kappa shape index (κ1) is 19.8. The third-order valence-electron chi connectivity index (χ3n) is 4.41. The molecule has 0 saturated carbocycles. The van der Waals surface area contributed by atoms with Gasteiger partial charge >= 0.3 is 0 Å². The van der Waals surface area contributed by atoms with E-state index >= 15 is 0 Å². The van der Waals surface area contributed by atoms with Gasteiger partial charge in [-0.1, -0.05) is 30.3 Å². The van der Waals surface area contributed by atoms with Gasteiger partial charge in [0, 0.05) is 17.5 Å². The van der Waals surface area contributed by atoms with Crippen LogP contribution < -0.4 is 0 Å². The molecule has 1 saturated heterocycles. The summed E-state index contributed by atoms with van der Waals surface area (Å²) >= 11 is 0.911. The zero-order valence-corrected chi connectivity index (χ0v) is 16.1. The monoisotopic (exact) mass is 411 g/mol. The molecule has 0 N–H and O–H groups in total. The predicted molar refractivity (Wildman–Crippen MR) is 101 cm³/mol. The lowest BCUT2D eigenvalue weighted by Gasteiger charge is -2.28. The van der Waals surface area contributed by atoms with Crippen LogP contribution in [0.5, 0.6) is 0 Å². The second-order valence-electron chi connectivity index (χ2n) is 6.43. The van der Waals surface area contributed by atoms with Crippen LogP contribution in [0, 0.1) is 11.6 Å². The normalized spacial score (nSPS) is 18.4. The van der Waals surface area contributed by atoms with E-state index in [-0.39, 0.29) is 34.6 Å². The van der Waals surface area contributed by atoms with Crippen LogP contribution in [0.4, 0.5) is 8.78 Å². The Morgan fingerprint density at radius 1 is 1.15 bits per heavy atom. The lowest BCUT2D eigenvalue weighted by Crippen LogP contribution is -2.41. The van der Waals surface area contributed by atoms with Gasteiger partial charge < -0.3 is 4.90 Å². The van der Waals surface area contributed by atoms with Crippen LogP contribution in [0.15, 0.2) is 53.4 Å². The highest BCUT2D eigenvalue weighted by Gasteiger charge is 2.34. The molecule has 4 nitrogen and oxygen atoms in total. The molecule has 1 fully saturated rings. The lowest BCUT2D eigenvalue weighted by atomic mass is 10.1. The van der Waals surface area contributed by atoms with Gasteiger partial charge in [0.1, 0.15) is 11.6 Å². The van der Waals surface area contributed by atoms with E-state index in [2.05, 4.69) is 0 Å². The molecule has 0 unspecified atom stereocenters. The Morgan fingerprint density at radius 3 is 2.56 bits per heavy atom. The highest BCUT2D eigenvalue weighted by atomic mass is 32.2. The van der Waals surface area contributed by atoms with Crippen molar-refractivity contribution in [3.05, 3.63) is 65.7 Å². The van der Waals surface area contributed by atoms with Crippen molar-refractivity contribution in [3.8, 4) is 0 Å². The van der Waals surface area contributed by atoms with Crippen LogP contribution in [-0.4, -0.2) is 42.5 Å². The van der Waals surface area contributed by atoms with Crippen LogP contribution in [0.25, 0.3) is 0 Å². The molecule has 0 aromatic heterocycles. The van der Waals surface area contributed by atoms with Gasteiger partial charge in [-0.05, 0) is 30.2 Å². The van der Waals surface area contributed by atoms with Gasteiger partial charge in [-0.25, -0.2) is 17.2 Å². The molecule has 1 aliphatic heterocycles. The zero-order valence-electron chi connectivity index (χ0n) is 14.5. The number of amides is 1. The first-order valence-corrected chi connectivity index (χ1v) is 11.3. The van der Waals surface area contributed by atoms with Gasteiger partial charge in [-0.2, -0.15) is 0 Å². The fourth-order valence-corrected chi connectivity index (χ4v) is 5.61. The molecule has 1 atom stereocenters. The first-order valence-electron chi connectivity index (χ1n) is 8.46. The van der Waals surface area contributed by atoms with Gasteiger partial charge in [0.15, 0.2) is 9.84 Å². The number of hydrogen-bond donors (Lipinski definition) is 0. The summed E-state index contributed by atoms with van der Waals surface area (Å²) in [6.45, 7) is 0.284. The number of rotatable bonds is 6. The van der Waals surface area contributed by atoms with Gasteiger partial charge in [0.25, 0.3) is 0 Å². The van der Waals surface area contributed by atoms with Crippen molar-refractivity contribution in [2.45, 2.75) is 23.9 Å². The Kier molecular flexibility index (Phi) is 6.16. The molecule has 144 valence electrons. The summed E-state index contributed by atoms with van der Waals surface area (Å²) in [4.78, 5) is 14.4. The molecule has 27 heavy (non-hydrogen) atoms. The maximum atomic E-state index is 13.8. The summed E-state index contributed by atoms with van der Waals surface area (Å²) in [5.74, 6) is -1.56. The Balaban J connectivity index is 1.75. The predicted octanol–water partition coefficient (Wildman–Crippen LogP) is 3.27.